The predicted octanol–water partition coefficient (Wildman–Crippen LogP) is 2.37. The Hall–Kier alpha value is -0.650. The second-order valence-electron chi connectivity index (χ2n) is 4.06. The lowest BCUT2D eigenvalue weighted by Gasteiger charge is -2.06. The number of hydrogen-bond donors (Lipinski definition) is 2. The zero-order valence-corrected chi connectivity index (χ0v) is 12.5. The number of amides is 1. The normalized spacial score (nSPS) is 10.4. The topological polar surface area (TPSA) is 55.1 Å². The van der Waals surface area contributed by atoms with Crippen LogP contribution in [0.1, 0.15) is 21.5 Å². The van der Waals surface area contributed by atoms with Crippen LogP contribution in [0.25, 0.3) is 0 Å². The van der Waals surface area contributed by atoms with Crippen LogP contribution in [0.5, 0.6) is 0 Å². The number of nitrogens with two attached hydrogens (primary N) is 1. The van der Waals surface area contributed by atoms with Gasteiger partial charge in [-0.3, -0.25) is 4.79 Å². The van der Waals surface area contributed by atoms with E-state index in [4.69, 9.17) is 5.73 Å². The molecule has 5 heteroatoms. The summed E-state index contributed by atoms with van der Waals surface area (Å²) >= 11 is 0. The van der Waals surface area contributed by atoms with Crippen LogP contribution in [0.4, 0.5) is 0 Å². The highest BCUT2D eigenvalue weighted by atomic mass is 33.1. The lowest BCUT2D eigenvalue weighted by Crippen LogP contribution is -2.25. The minimum absolute atomic E-state index is 0.00576. The molecule has 1 aromatic carbocycles. The van der Waals surface area contributed by atoms with Gasteiger partial charge in [0.25, 0.3) is 5.91 Å². The van der Waals surface area contributed by atoms with Crippen molar-refractivity contribution in [1.29, 1.82) is 0 Å². The van der Waals surface area contributed by atoms with E-state index in [9.17, 15) is 4.79 Å². The average Bonchev–Trinajstić information content (AvgIpc) is 2.32. The molecule has 0 aliphatic rings. The summed E-state index contributed by atoms with van der Waals surface area (Å²) in [7, 11) is 3.49. The van der Waals surface area contributed by atoms with Gasteiger partial charge in [-0.1, -0.05) is 38.8 Å². The molecule has 0 saturated carbocycles. The molecule has 0 aromatic heterocycles. The van der Waals surface area contributed by atoms with Crippen molar-refractivity contribution in [2.24, 2.45) is 5.73 Å². The highest BCUT2D eigenvalue weighted by Crippen LogP contribution is 2.19. The molecule has 18 heavy (non-hydrogen) atoms. The smallest absolute Gasteiger partial charge is 0.251 e. The first-order chi connectivity index (χ1) is 8.63. The Morgan fingerprint density at radius 3 is 2.39 bits per heavy atom. The number of nitrogens with one attached hydrogen (secondary N) is 1. The molecule has 1 rings (SSSR count). The zero-order valence-electron chi connectivity index (χ0n) is 10.9. The van der Waals surface area contributed by atoms with E-state index in [2.05, 4.69) is 11.4 Å². The van der Waals surface area contributed by atoms with E-state index in [-0.39, 0.29) is 5.91 Å². The Labute approximate surface area is 117 Å². The van der Waals surface area contributed by atoms with Crippen molar-refractivity contribution < 1.29 is 4.79 Å². The third-order valence-electron chi connectivity index (χ3n) is 2.24. The van der Waals surface area contributed by atoms with Crippen LogP contribution in [0, 0.1) is 13.8 Å². The van der Waals surface area contributed by atoms with Gasteiger partial charge < -0.3 is 11.1 Å². The van der Waals surface area contributed by atoms with Crippen LogP contribution in [0.15, 0.2) is 18.2 Å². The van der Waals surface area contributed by atoms with E-state index >= 15 is 0 Å². The van der Waals surface area contributed by atoms with Crippen molar-refractivity contribution in [2.75, 3.05) is 24.6 Å². The van der Waals surface area contributed by atoms with Crippen molar-refractivity contribution in [1.82, 2.24) is 5.32 Å². The fraction of sp³-hybridized carbons (Fsp3) is 0.462. The van der Waals surface area contributed by atoms with Crippen LogP contribution in [-0.2, 0) is 0 Å². The molecule has 0 radical (unpaired) electrons. The van der Waals surface area contributed by atoms with Crippen molar-refractivity contribution in [2.45, 2.75) is 13.8 Å². The monoisotopic (exact) mass is 284 g/mol. The van der Waals surface area contributed by atoms with E-state index in [1.165, 1.54) is 0 Å². The average molecular weight is 284 g/mol. The Balaban J connectivity index is 2.32. The summed E-state index contributed by atoms with van der Waals surface area (Å²) in [6.45, 7) is 5.40. The summed E-state index contributed by atoms with van der Waals surface area (Å²) < 4.78 is 0. The van der Waals surface area contributed by atoms with Gasteiger partial charge in [0, 0.05) is 30.2 Å². The maximum Gasteiger partial charge on any atom is 0.251 e. The zero-order chi connectivity index (χ0) is 13.4. The number of aryl methyl sites for hydroxylation is 2. The predicted molar refractivity (Wildman–Crippen MR) is 82.2 cm³/mol. The lowest BCUT2D eigenvalue weighted by atomic mass is 10.1. The molecule has 1 aromatic rings. The molecular formula is C13H20N2OS2. The van der Waals surface area contributed by atoms with Crippen molar-refractivity contribution in [3.05, 3.63) is 34.9 Å². The Morgan fingerprint density at radius 1 is 1.17 bits per heavy atom. The van der Waals surface area contributed by atoms with Gasteiger partial charge >= 0.3 is 0 Å². The van der Waals surface area contributed by atoms with E-state index in [1.807, 2.05) is 26.0 Å². The minimum atomic E-state index is 0.00576. The standard InChI is InChI=1S/C13H20N2OS2/c1-10-7-11(2)9-12(8-10)13(16)15-4-6-18-17-5-3-14/h7-9H,3-6,14H2,1-2H3,(H,15,16). The molecule has 0 aliphatic heterocycles. The number of benzene rings is 1. The van der Waals surface area contributed by atoms with Gasteiger partial charge in [0.15, 0.2) is 0 Å². The summed E-state index contributed by atoms with van der Waals surface area (Å²) in [6.07, 6.45) is 0. The van der Waals surface area contributed by atoms with Gasteiger partial charge in [-0.2, -0.15) is 0 Å². The van der Waals surface area contributed by atoms with Crippen molar-refractivity contribution in [3.63, 3.8) is 0 Å². The fourth-order valence-electron chi connectivity index (χ4n) is 1.58. The van der Waals surface area contributed by atoms with Crippen LogP contribution in [0.2, 0.25) is 0 Å². The van der Waals surface area contributed by atoms with Gasteiger partial charge in [-0.05, 0) is 26.0 Å². The first-order valence-electron chi connectivity index (χ1n) is 5.94. The molecular weight excluding hydrogens is 264 g/mol. The summed E-state index contributed by atoms with van der Waals surface area (Å²) in [4.78, 5) is 11.9. The first kappa shape index (κ1) is 15.4. The molecule has 0 aliphatic carbocycles. The van der Waals surface area contributed by atoms with E-state index < -0.39 is 0 Å². The Morgan fingerprint density at radius 2 is 1.78 bits per heavy atom. The molecule has 0 atom stereocenters. The summed E-state index contributed by atoms with van der Waals surface area (Å²) in [6, 6.07) is 5.90. The summed E-state index contributed by atoms with van der Waals surface area (Å²) in [5.74, 6) is 1.86. The number of hydrogen-bond acceptors (Lipinski definition) is 4. The minimum Gasteiger partial charge on any atom is -0.351 e. The van der Waals surface area contributed by atoms with Gasteiger partial charge in [0.2, 0.25) is 0 Å². The molecule has 0 saturated heterocycles. The molecule has 1 amide bonds. The van der Waals surface area contributed by atoms with E-state index in [1.54, 1.807) is 21.6 Å². The lowest BCUT2D eigenvalue weighted by molar-refractivity contribution is 0.0956. The molecule has 100 valence electrons. The number of rotatable bonds is 7. The molecule has 0 heterocycles. The second kappa shape index (κ2) is 8.45. The maximum absolute atomic E-state index is 11.9. The van der Waals surface area contributed by atoms with Crippen LogP contribution < -0.4 is 11.1 Å². The quantitative estimate of drug-likeness (QED) is 0.596. The third kappa shape index (κ3) is 5.80. The largest absolute Gasteiger partial charge is 0.351 e. The van der Waals surface area contributed by atoms with Gasteiger partial charge in [0.05, 0.1) is 0 Å². The van der Waals surface area contributed by atoms with Crippen molar-refractivity contribution in [3.8, 4) is 0 Å². The molecule has 0 fully saturated rings. The summed E-state index contributed by atoms with van der Waals surface area (Å²) in [5, 5.41) is 2.93. The number of carbonyl (C=O) groups excluding carboxylic acids is 1. The second-order valence-corrected chi connectivity index (χ2v) is 6.77. The summed E-state index contributed by atoms with van der Waals surface area (Å²) in [5.41, 5.74) is 8.37. The number of carbonyl (C=O) groups is 1. The Bertz CT molecular complexity index is 376. The Kier molecular flexibility index (Phi) is 7.23. The third-order valence-corrected chi connectivity index (χ3v) is 4.68. The highest BCUT2D eigenvalue weighted by molar-refractivity contribution is 8.76. The first-order valence-corrected chi connectivity index (χ1v) is 8.43. The van der Waals surface area contributed by atoms with Crippen molar-refractivity contribution >= 4 is 27.5 Å². The van der Waals surface area contributed by atoms with Gasteiger partial charge in [-0.15, -0.1) is 0 Å². The molecule has 3 N–H and O–H groups in total. The fourth-order valence-corrected chi connectivity index (χ4v) is 3.34. The molecule has 0 spiro atoms. The van der Waals surface area contributed by atoms with E-state index in [0.717, 1.165) is 28.2 Å². The van der Waals surface area contributed by atoms with Crippen LogP contribution in [-0.4, -0.2) is 30.5 Å². The maximum atomic E-state index is 11.9. The van der Waals surface area contributed by atoms with Gasteiger partial charge in [-0.25, -0.2) is 0 Å². The van der Waals surface area contributed by atoms with Gasteiger partial charge in [0.1, 0.15) is 0 Å². The SMILES string of the molecule is Cc1cc(C)cc(C(=O)NCCSSCCN)c1. The van der Waals surface area contributed by atoms with Crippen LogP contribution in [0.3, 0.4) is 0 Å². The molecule has 0 bridgehead atoms. The van der Waals surface area contributed by atoms with E-state index in [0.29, 0.717) is 13.1 Å². The molecule has 3 nitrogen and oxygen atoms in total. The van der Waals surface area contributed by atoms with Crippen LogP contribution >= 0.6 is 21.6 Å². The highest BCUT2D eigenvalue weighted by Gasteiger charge is 2.05. The molecule has 0 unspecified atom stereocenters.